The minimum Gasteiger partial charge on any atom is -0.314 e. The van der Waals surface area contributed by atoms with Gasteiger partial charge in [-0.3, -0.25) is 0 Å². The van der Waals surface area contributed by atoms with Crippen molar-refractivity contribution in [2.24, 2.45) is 5.92 Å². The number of benzene rings is 1. The van der Waals surface area contributed by atoms with Crippen molar-refractivity contribution < 1.29 is 13.2 Å². The molecule has 100 valence electrons. The van der Waals surface area contributed by atoms with Gasteiger partial charge in [-0.1, -0.05) is 20.3 Å². The molecule has 0 spiro atoms. The summed E-state index contributed by atoms with van der Waals surface area (Å²) in [5, 5.41) is 3.36. The van der Waals surface area contributed by atoms with E-state index in [-0.39, 0.29) is 5.92 Å². The fraction of sp³-hybridized carbons (Fsp3) is 0.571. The number of rotatable bonds is 4. The van der Waals surface area contributed by atoms with Gasteiger partial charge in [-0.15, -0.1) is 0 Å². The lowest BCUT2D eigenvalue weighted by Crippen LogP contribution is -2.48. The Bertz CT molecular complexity index is 410. The van der Waals surface area contributed by atoms with E-state index in [4.69, 9.17) is 0 Å². The quantitative estimate of drug-likeness (QED) is 0.813. The second-order valence-corrected chi connectivity index (χ2v) is 4.88. The van der Waals surface area contributed by atoms with E-state index in [1.807, 2.05) is 6.92 Å². The van der Waals surface area contributed by atoms with Gasteiger partial charge in [0.2, 0.25) is 0 Å². The Morgan fingerprint density at radius 2 is 1.78 bits per heavy atom. The van der Waals surface area contributed by atoms with Crippen LogP contribution < -0.4 is 5.32 Å². The second-order valence-electron chi connectivity index (χ2n) is 4.88. The average molecular weight is 257 g/mol. The van der Waals surface area contributed by atoms with E-state index in [9.17, 15) is 13.2 Å². The molecule has 0 aliphatic heterocycles. The van der Waals surface area contributed by atoms with Crippen LogP contribution in [0.3, 0.4) is 0 Å². The van der Waals surface area contributed by atoms with Crippen molar-refractivity contribution in [1.29, 1.82) is 0 Å². The van der Waals surface area contributed by atoms with E-state index in [0.29, 0.717) is 17.5 Å². The van der Waals surface area contributed by atoms with Crippen LogP contribution in [0.5, 0.6) is 0 Å². The van der Waals surface area contributed by atoms with Gasteiger partial charge in [0, 0.05) is 6.04 Å². The Balaban J connectivity index is 2.18. The summed E-state index contributed by atoms with van der Waals surface area (Å²) in [5.74, 6) is -3.06. The van der Waals surface area contributed by atoms with Crippen LogP contribution in [0.15, 0.2) is 12.1 Å². The number of hydrogen-bond donors (Lipinski definition) is 1. The predicted octanol–water partition coefficient (Wildman–Crippen LogP) is 3.60. The highest BCUT2D eigenvalue weighted by Crippen LogP contribution is 2.45. The summed E-state index contributed by atoms with van der Waals surface area (Å²) in [7, 11) is 0. The van der Waals surface area contributed by atoms with Crippen LogP contribution in [0.1, 0.15) is 38.2 Å². The molecule has 0 saturated heterocycles. The molecular formula is C14H18F3N. The molecule has 1 aromatic carbocycles. The molecule has 0 amide bonds. The Labute approximate surface area is 105 Å². The van der Waals surface area contributed by atoms with Gasteiger partial charge in [-0.2, -0.15) is 0 Å². The van der Waals surface area contributed by atoms with Crippen LogP contribution in [0.4, 0.5) is 13.2 Å². The van der Waals surface area contributed by atoms with Crippen LogP contribution in [0, 0.1) is 23.4 Å². The van der Waals surface area contributed by atoms with Gasteiger partial charge in [-0.25, -0.2) is 13.2 Å². The van der Waals surface area contributed by atoms with E-state index in [2.05, 4.69) is 12.2 Å². The maximum atomic E-state index is 13.2. The third kappa shape index (κ3) is 2.26. The first-order chi connectivity index (χ1) is 8.58. The minimum atomic E-state index is -1.38. The monoisotopic (exact) mass is 257 g/mol. The van der Waals surface area contributed by atoms with Crippen LogP contribution in [-0.2, 0) is 0 Å². The smallest absolute Gasteiger partial charge is 0.194 e. The molecule has 1 aromatic rings. The van der Waals surface area contributed by atoms with E-state index in [0.717, 1.165) is 31.5 Å². The second kappa shape index (κ2) is 5.31. The normalized spacial score (nSPS) is 27.1. The summed E-state index contributed by atoms with van der Waals surface area (Å²) in [6.45, 7) is 4.99. The number of nitrogens with one attached hydrogen (secondary N) is 1. The summed E-state index contributed by atoms with van der Waals surface area (Å²) in [6.07, 6.45) is 1.81. The van der Waals surface area contributed by atoms with Gasteiger partial charge in [-0.05, 0) is 42.5 Å². The fourth-order valence-electron chi connectivity index (χ4n) is 2.95. The summed E-state index contributed by atoms with van der Waals surface area (Å²) < 4.78 is 39.3. The van der Waals surface area contributed by atoms with E-state index >= 15 is 0 Å². The zero-order chi connectivity index (χ0) is 13.3. The van der Waals surface area contributed by atoms with Crippen molar-refractivity contribution in [3.8, 4) is 0 Å². The molecule has 3 atom stereocenters. The highest BCUT2D eigenvalue weighted by atomic mass is 19.2. The standard InChI is InChI=1S/C14H18F3N/c1-3-9-10(7-13(9)18-4-2)8-5-11(15)14(17)12(16)6-8/h5-6,9-10,13,18H,3-4,7H2,1-2H3. The van der Waals surface area contributed by atoms with E-state index in [1.54, 1.807) is 0 Å². The summed E-state index contributed by atoms with van der Waals surface area (Å²) >= 11 is 0. The van der Waals surface area contributed by atoms with Gasteiger partial charge in [0.25, 0.3) is 0 Å². The summed E-state index contributed by atoms with van der Waals surface area (Å²) in [4.78, 5) is 0. The molecule has 1 N–H and O–H groups in total. The molecule has 1 nitrogen and oxygen atoms in total. The van der Waals surface area contributed by atoms with Crippen LogP contribution in [0.2, 0.25) is 0 Å². The van der Waals surface area contributed by atoms with Gasteiger partial charge >= 0.3 is 0 Å². The lowest BCUT2D eigenvalue weighted by Gasteiger charge is -2.45. The largest absolute Gasteiger partial charge is 0.314 e. The maximum Gasteiger partial charge on any atom is 0.194 e. The highest BCUT2D eigenvalue weighted by Gasteiger charge is 2.40. The van der Waals surface area contributed by atoms with Gasteiger partial charge in [0.05, 0.1) is 0 Å². The molecule has 0 bridgehead atoms. The highest BCUT2D eigenvalue weighted by molar-refractivity contribution is 5.27. The lowest BCUT2D eigenvalue weighted by atomic mass is 9.65. The predicted molar refractivity (Wildman–Crippen MR) is 64.9 cm³/mol. The van der Waals surface area contributed by atoms with Gasteiger partial charge < -0.3 is 5.32 Å². The summed E-state index contributed by atoms with van der Waals surface area (Å²) in [6, 6.07) is 2.67. The molecule has 2 rings (SSSR count). The molecular weight excluding hydrogens is 239 g/mol. The zero-order valence-electron chi connectivity index (χ0n) is 10.6. The van der Waals surface area contributed by atoms with Gasteiger partial charge in [0.1, 0.15) is 0 Å². The minimum absolute atomic E-state index is 0.128. The first-order valence-electron chi connectivity index (χ1n) is 6.46. The third-order valence-corrected chi connectivity index (χ3v) is 3.91. The first-order valence-corrected chi connectivity index (χ1v) is 6.46. The molecule has 18 heavy (non-hydrogen) atoms. The van der Waals surface area contributed by atoms with Gasteiger partial charge in [0.15, 0.2) is 17.5 Å². The van der Waals surface area contributed by atoms with Crippen molar-refractivity contribution in [2.75, 3.05) is 6.54 Å². The molecule has 3 unspecified atom stereocenters. The average Bonchev–Trinajstić information content (AvgIpc) is 2.31. The van der Waals surface area contributed by atoms with Crippen molar-refractivity contribution >= 4 is 0 Å². The van der Waals surface area contributed by atoms with E-state index in [1.165, 1.54) is 0 Å². The number of halogens is 3. The van der Waals surface area contributed by atoms with Crippen molar-refractivity contribution in [3.05, 3.63) is 35.1 Å². The van der Waals surface area contributed by atoms with Crippen LogP contribution in [-0.4, -0.2) is 12.6 Å². The molecule has 0 heterocycles. The Kier molecular flexibility index (Phi) is 3.95. The topological polar surface area (TPSA) is 12.0 Å². The Morgan fingerprint density at radius 3 is 2.28 bits per heavy atom. The molecule has 1 aliphatic carbocycles. The van der Waals surface area contributed by atoms with Crippen molar-refractivity contribution in [1.82, 2.24) is 5.32 Å². The lowest BCUT2D eigenvalue weighted by molar-refractivity contribution is 0.162. The Hall–Kier alpha value is -1.03. The Morgan fingerprint density at radius 1 is 1.17 bits per heavy atom. The number of hydrogen-bond acceptors (Lipinski definition) is 1. The molecule has 1 aliphatic rings. The van der Waals surface area contributed by atoms with Crippen LogP contribution >= 0.6 is 0 Å². The zero-order valence-corrected chi connectivity index (χ0v) is 10.6. The first kappa shape index (κ1) is 13.4. The van der Waals surface area contributed by atoms with E-state index < -0.39 is 17.5 Å². The third-order valence-electron chi connectivity index (χ3n) is 3.91. The fourth-order valence-corrected chi connectivity index (χ4v) is 2.95. The summed E-state index contributed by atoms with van der Waals surface area (Å²) in [5.41, 5.74) is 0.576. The molecule has 0 aromatic heterocycles. The molecule has 1 saturated carbocycles. The SMILES string of the molecule is CCNC1CC(c2cc(F)c(F)c(F)c2)C1CC. The van der Waals surface area contributed by atoms with Crippen LogP contribution in [0.25, 0.3) is 0 Å². The molecule has 4 heteroatoms. The molecule has 1 fully saturated rings. The molecule has 0 radical (unpaired) electrons. The van der Waals surface area contributed by atoms with Crippen molar-refractivity contribution in [2.45, 2.75) is 38.6 Å². The van der Waals surface area contributed by atoms with Crippen molar-refractivity contribution in [3.63, 3.8) is 0 Å². The maximum absolute atomic E-state index is 13.2.